The molecule has 3 nitrogen and oxygen atoms in total. The number of nitrogens with zero attached hydrogens (tertiary/aromatic N) is 1. The van der Waals surface area contributed by atoms with E-state index < -0.39 is 5.54 Å². The number of hydrogen-bond acceptors (Lipinski definition) is 3. The molecule has 1 heterocycles. The average molecular weight is 261 g/mol. The maximum Gasteiger partial charge on any atom is 0.242 e. The molecule has 0 aromatic carbocycles. The molecule has 1 aromatic heterocycles. The highest BCUT2D eigenvalue weighted by atomic mass is 35.5. The maximum absolute atomic E-state index is 11.8. The number of carbonyl (C=O) groups excluding carboxylic acids is 1. The van der Waals surface area contributed by atoms with Gasteiger partial charge in [0, 0.05) is 16.8 Å². The minimum Gasteiger partial charge on any atom is -0.339 e. The van der Waals surface area contributed by atoms with Gasteiger partial charge in [-0.05, 0) is 31.9 Å². The summed E-state index contributed by atoms with van der Waals surface area (Å²) in [7, 11) is 1.82. The van der Waals surface area contributed by atoms with Crippen molar-refractivity contribution < 1.29 is 4.79 Å². The number of thiophene rings is 1. The van der Waals surface area contributed by atoms with Gasteiger partial charge in [0.05, 0.1) is 12.1 Å². The molecule has 1 aromatic rings. The number of nitrogens with two attached hydrogens (primary N) is 1. The topological polar surface area (TPSA) is 46.3 Å². The summed E-state index contributed by atoms with van der Waals surface area (Å²) in [4.78, 5) is 16.1. The second kappa shape index (κ2) is 4.73. The monoisotopic (exact) mass is 260 g/mol. The first-order chi connectivity index (χ1) is 7.01. The zero-order chi connectivity index (χ0) is 11.1. The molecule has 1 saturated carbocycles. The Morgan fingerprint density at radius 2 is 2.19 bits per heavy atom. The van der Waals surface area contributed by atoms with Gasteiger partial charge in [-0.25, -0.2) is 0 Å². The molecule has 5 heteroatoms. The molecule has 0 bridgehead atoms. The molecule has 1 aliphatic rings. The van der Waals surface area contributed by atoms with Crippen molar-refractivity contribution in [1.82, 2.24) is 4.90 Å². The number of likely N-dealkylation sites (N-methyl/N-ethyl adjacent to an activating group) is 1. The lowest BCUT2D eigenvalue weighted by Crippen LogP contribution is -2.43. The van der Waals surface area contributed by atoms with E-state index in [1.54, 1.807) is 16.2 Å². The molecule has 2 rings (SSSR count). The van der Waals surface area contributed by atoms with Gasteiger partial charge in [0.1, 0.15) is 0 Å². The quantitative estimate of drug-likeness (QED) is 0.903. The van der Waals surface area contributed by atoms with Crippen molar-refractivity contribution in [2.75, 3.05) is 7.05 Å². The van der Waals surface area contributed by atoms with Crippen LogP contribution in [0.4, 0.5) is 0 Å². The van der Waals surface area contributed by atoms with Crippen molar-refractivity contribution in [3.63, 3.8) is 0 Å². The molecule has 2 N–H and O–H groups in total. The Labute approximate surface area is 106 Å². The van der Waals surface area contributed by atoms with Crippen molar-refractivity contribution in [2.45, 2.75) is 31.8 Å². The third-order valence-electron chi connectivity index (χ3n) is 2.75. The highest BCUT2D eigenvalue weighted by Gasteiger charge is 2.47. The lowest BCUT2D eigenvalue weighted by atomic mass is 10.2. The summed E-state index contributed by atoms with van der Waals surface area (Å²) >= 11 is 1.73. The molecule has 16 heavy (non-hydrogen) atoms. The van der Waals surface area contributed by atoms with E-state index in [1.807, 2.05) is 7.05 Å². The van der Waals surface area contributed by atoms with Crippen LogP contribution >= 0.6 is 23.7 Å². The van der Waals surface area contributed by atoms with E-state index in [0.29, 0.717) is 6.54 Å². The van der Waals surface area contributed by atoms with E-state index in [2.05, 4.69) is 19.1 Å². The van der Waals surface area contributed by atoms with Gasteiger partial charge in [0.25, 0.3) is 0 Å². The lowest BCUT2D eigenvalue weighted by molar-refractivity contribution is -0.132. The molecule has 0 aliphatic heterocycles. The van der Waals surface area contributed by atoms with Crippen LogP contribution in [0.1, 0.15) is 22.6 Å². The zero-order valence-corrected chi connectivity index (χ0v) is 11.2. The first-order valence-corrected chi connectivity index (χ1v) is 5.93. The fraction of sp³-hybridized carbons (Fsp3) is 0.545. The predicted octanol–water partition coefficient (Wildman–Crippen LogP) is 1.93. The van der Waals surface area contributed by atoms with Gasteiger partial charge in [0.2, 0.25) is 5.91 Å². The Bertz CT molecular complexity index is 387. The maximum atomic E-state index is 11.8. The van der Waals surface area contributed by atoms with Gasteiger partial charge in [-0.3, -0.25) is 4.79 Å². The van der Waals surface area contributed by atoms with Crippen molar-refractivity contribution >= 4 is 29.7 Å². The van der Waals surface area contributed by atoms with Gasteiger partial charge in [-0.15, -0.1) is 23.7 Å². The van der Waals surface area contributed by atoms with Crippen molar-refractivity contribution in [2.24, 2.45) is 5.73 Å². The number of amides is 1. The van der Waals surface area contributed by atoms with Crippen LogP contribution < -0.4 is 5.73 Å². The largest absolute Gasteiger partial charge is 0.339 e. The highest BCUT2D eigenvalue weighted by Crippen LogP contribution is 2.34. The third kappa shape index (κ3) is 2.75. The standard InChI is InChI=1S/C11H16N2OS.ClH/c1-8-3-4-9(15-8)7-13(2)10(14)11(12)5-6-11;/h3-4H,5-7,12H2,1-2H3;1H. The summed E-state index contributed by atoms with van der Waals surface area (Å²) in [5, 5.41) is 0. The van der Waals surface area contributed by atoms with Crippen molar-refractivity contribution in [1.29, 1.82) is 0 Å². The van der Waals surface area contributed by atoms with E-state index in [0.717, 1.165) is 12.8 Å². The Morgan fingerprint density at radius 1 is 1.56 bits per heavy atom. The Balaban J connectivity index is 0.00000128. The number of carbonyl (C=O) groups is 1. The molecule has 90 valence electrons. The molecule has 1 fully saturated rings. The summed E-state index contributed by atoms with van der Waals surface area (Å²) in [5.74, 6) is 0.0774. The highest BCUT2D eigenvalue weighted by molar-refractivity contribution is 7.11. The molecular formula is C11H17ClN2OS. The zero-order valence-electron chi connectivity index (χ0n) is 9.53. The van der Waals surface area contributed by atoms with E-state index in [-0.39, 0.29) is 18.3 Å². The summed E-state index contributed by atoms with van der Waals surface area (Å²) in [6, 6.07) is 4.15. The van der Waals surface area contributed by atoms with Gasteiger partial charge in [-0.1, -0.05) is 0 Å². The van der Waals surface area contributed by atoms with Crippen molar-refractivity contribution in [3.8, 4) is 0 Å². The van der Waals surface area contributed by atoms with E-state index in [9.17, 15) is 4.79 Å². The summed E-state index contributed by atoms with van der Waals surface area (Å²) < 4.78 is 0. The molecule has 1 amide bonds. The van der Waals surface area contributed by atoms with Crippen LogP contribution in [-0.2, 0) is 11.3 Å². The van der Waals surface area contributed by atoms with Crippen LogP contribution in [0.25, 0.3) is 0 Å². The molecular weight excluding hydrogens is 244 g/mol. The van der Waals surface area contributed by atoms with Crippen LogP contribution in [0.15, 0.2) is 12.1 Å². The van der Waals surface area contributed by atoms with Crippen LogP contribution in [-0.4, -0.2) is 23.4 Å². The molecule has 0 atom stereocenters. The second-order valence-corrected chi connectivity index (χ2v) is 5.70. The van der Waals surface area contributed by atoms with Crippen LogP contribution in [0.5, 0.6) is 0 Å². The van der Waals surface area contributed by atoms with Crippen LogP contribution in [0, 0.1) is 6.92 Å². The predicted molar refractivity (Wildman–Crippen MR) is 68.9 cm³/mol. The fourth-order valence-corrected chi connectivity index (χ4v) is 2.55. The third-order valence-corrected chi connectivity index (χ3v) is 3.74. The number of hydrogen-bond donors (Lipinski definition) is 1. The van der Waals surface area contributed by atoms with Crippen LogP contribution in [0.2, 0.25) is 0 Å². The average Bonchev–Trinajstić information content (AvgIpc) is 2.80. The first-order valence-electron chi connectivity index (χ1n) is 5.11. The normalized spacial score (nSPS) is 16.4. The second-order valence-electron chi connectivity index (χ2n) is 4.33. The van der Waals surface area contributed by atoms with Gasteiger partial charge < -0.3 is 10.6 Å². The van der Waals surface area contributed by atoms with Crippen LogP contribution in [0.3, 0.4) is 0 Å². The SMILES string of the molecule is Cc1ccc(CN(C)C(=O)C2(N)CC2)s1.Cl. The smallest absolute Gasteiger partial charge is 0.242 e. The van der Waals surface area contributed by atoms with Crippen molar-refractivity contribution in [3.05, 3.63) is 21.9 Å². The molecule has 0 unspecified atom stereocenters. The fourth-order valence-electron chi connectivity index (χ4n) is 1.60. The number of halogens is 1. The Hall–Kier alpha value is -0.580. The minimum absolute atomic E-state index is 0. The van der Waals surface area contributed by atoms with E-state index >= 15 is 0 Å². The summed E-state index contributed by atoms with van der Waals surface area (Å²) in [6.07, 6.45) is 1.67. The van der Waals surface area contributed by atoms with E-state index in [1.165, 1.54) is 9.75 Å². The molecule has 0 saturated heterocycles. The Morgan fingerprint density at radius 3 is 2.62 bits per heavy atom. The van der Waals surface area contributed by atoms with Gasteiger partial charge in [-0.2, -0.15) is 0 Å². The Kier molecular flexibility index (Phi) is 3.99. The van der Waals surface area contributed by atoms with Gasteiger partial charge in [0.15, 0.2) is 0 Å². The number of aryl methyl sites for hydroxylation is 1. The van der Waals surface area contributed by atoms with Gasteiger partial charge >= 0.3 is 0 Å². The first kappa shape index (κ1) is 13.5. The summed E-state index contributed by atoms with van der Waals surface area (Å²) in [5.41, 5.74) is 5.32. The molecule has 0 radical (unpaired) electrons. The minimum atomic E-state index is -0.541. The lowest BCUT2D eigenvalue weighted by Gasteiger charge is -2.20. The number of rotatable bonds is 3. The molecule has 1 aliphatic carbocycles. The van der Waals surface area contributed by atoms with E-state index in [4.69, 9.17) is 5.73 Å². The summed E-state index contributed by atoms with van der Waals surface area (Å²) in [6.45, 7) is 2.75. The molecule has 0 spiro atoms.